The first-order valence-corrected chi connectivity index (χ1v) is 10.0. The van der Waals surface area contributed by atoms with Crippen molar-refractivity contribution in [1.82, 2.24) is 0 Å². The normalized spacial score (nSPS) is 13.0. The Balaban J connectivity index is 1.72. The van der Waals surface area contributed by atoms with Gasteiger partial charge in [0.1, 0.15) is 5.82 Å². The first-order valence-electron chi connectivity index (χ1n) is 10.0. The van der Waals surface area contributed by atoms with Crippen LogP contribution in [0.1, 0.15) is 47.1 Å². The highest BCUT2D eigenvalue weighted by Crippen LogP contribution is 2.37. The second kappa shape index (κ2) is 9.75. The number of hydrogen-bond donors (Lipinski definition) is 0. The maximum Gasteiger partial charge on any atom is 0.396 e. The van der Waals surface area contributed by atoms with Crippen molar-refractivity contribution in [3.8, 4) is 0 Å². The average Bonchev–Trinajstić information content (AvgIpc) is 2.72. The SMILES string of the molecule is CCCc1ccc(/C=C/c2ccc(CC(c3ccccc3)C(F)(F)F)cc2)c(F)c1. The Morgan fingerprint density at radius 3 is 2.10 bits per heavy atom. The maximum atomic E-state index is 14.2. The Hall–Kier alpha value is -2.88. The molecule has 3 rings (SSSR count). The van der Waals surface area contributed by atoms with Crippen LogP contribution in [0.3, 0.4) is 0 Å². The summed E-state index contributed by atoms with van der Waals surface area (Å²) in [5, 5.41) is 0. The molecule has 3 aromatic carbocycles. The summed E-state index contributed by atoms with van der Waals surface area (Å²) in [4.78, 5) is 0. The van der Waals surface area contributed by atoms with Crippen LogP contribution in [-0.4, -0.2) is 6.18 Å². The number of benzene rings is 3. The molecule has 0 bridgehead atoms. The van der Waals surface area contributed by atoms with Gasteiger partial charge in [-0.25, -0.2) is 4.39 Å². The zero-order valence-corrected chi connectivity index (χ0v) is 16.8. The average molecular weight is 412 g/mol. The highest BCUT2D eigenvalue weighted by molar-refractivity contribution is 5.70. The van der Waals surface area contributed by atoms with Gasteiger partial charge in [0.05, 0.1) is 5.92 Å². The van der Waals surface area contributed by atoms with Crippen LogP contribution in [0.2, 0.25) is 0 Å². The predicted molar refractivity (Wildman–Crippen MR) is 115 cm³/mol. The summed E-state index contributed by atoms with van der Waals surface area (Å²) in [6.07, 6.45) is 0.805. The van der Waals surface area contributed by atoms with Gasteiger partial charge in [0, 0.05) is 5.56 Å². The second-order valence-corrected chi connectivity index (χ2v) is 7.39. The Morgan fingerprint density at radius 1 is 0.833 bits per heavy atom. The third-order valence-corrected chi connectivity index (χ3v) is 5.08. The summed E-state index contributed by atoms with van der Waals surface area (Å²) in [5.41, 5.74) is 3.12. The summed E-state index contributed by atoms with van der Waals surface area (Å²) in [6, 6.07) is 20.1. The van der Waals surface area contributed by atoms with E-state index in [9.17, 15) is 17.6 Å². The number of rotatable bonds is 7. The second-order valence-electron chi connectivity index (χ2n) is 7.39. The monoisotopic (exact) mass is 412 g/mol. The largest absolute Gasteiger partial charge is 0.396 e. The summed E-state index contributed by atoms with van der Waals surface area (Å²) < 4.78 is 54.8. The van der Waals surface area contributed by atoms with Gasteiger partial charge in [-0.15, -0.1) is 0 Å². The van der Waals surface area contributed by atoms with Gasteiger partial charge >= 0.3 is 6.18 Å². The fourth-order valence-corrected chi connectivity index (χ4v) is 3.44. The minimum Gasteiger partial charge on any atom is -0.206 e. The predicted octanol–water partition coefficient (Wildman–Crippen LogP) is 7.84. The number of halogens is 4. The maximum absolute atomic E-state index is 14.2. The van der Waals surface area contributed by atoms with Crippen LogP contribution in [0.4, 0.5) is 17.6 Å². The lowest BCUT2D eigenvalue weighted by atomic mass is 9.91. The molecule has 0 nitrogen and oxygen atoms in total. The molecule has 0 aliphatic heterocycles. The quantitative estimate of drug-likeness (QED) is 0.274. The van der Waals surface area contributed by atoms with Crippen LogP contribution in [0, 0.1) is 5.82 Å². The molecule has 1 unspecified atom stereocenters. The van der Waals surface area contributed by atoms with E-state index < -0.39 is 12.1 Å². The van der Waals surface area contributed by atoms with Crippen LogP contribution < -0.4 is 0 Å². The van der Waals surface area contributed by atoms with Gasteiger partial charge in [0.15, 0.2) is 0 Å². The highest BCUT2D eigenvalue weighted by Gasteiger charge is 2.40. The van der Waals surface area contributed by atoms with Crippen molar-refractivity contribution in [3.63, 3.8) is 0 Å². The first-order chi connectivity index (χ1) is 14.4. The molecule has 156 valence electrons. The van der Waals surface area contributed by atoms with E-state index in [0.717, 1.165) is 24.0 Å². The molecule has 3 aromatic rings. The molecule has 0 aliphatic rings. The van der Waals surface area contributed by atoms with E-state index in [2.05, 4.69) is 0 Å². The van der Waals surface area contributed by atoms with Crippen molar-refractivity contribution < 1.29 is 17.6 Å². The molecule has 0 radical (unpaired) electrons. The summed E-state index contributed by atoms with van der Waals surface area (Å²) in [6.45, 7) is 2.05. The fraction of sp³-hybridized carbons (Fsp3) is 0.231. The van der Waals surface area contributed by atoms with Crippen LogP contribution in [0.5, 0.6) is 0 Å². The van der Waals surface area contributed by atoms with Gasteiger partial charge in [0.25, 0.3) is 0 Å². The smallest absolute Gasteiger partial charge is 0.206 e. The molecule has 0 spiro atoms. The lowest BCUT2D eigenvalue weighted by Crippen LogP contribution is -2.22. The third kappa shape index (κ3) is 5.82. The summed E-state index contributed by atoms with van der Waals surface area (Å²) in [5.74, 6) is -1.82. The Labute approximate surface area is 174 Å². The number of hydrogen-bond acceptors (Lipinski definition) is 0. The molecule has 0 heterocycles. The zero-order valence-electron chi connectivity index (χ0n) is 16.8. The van der Waals surface area contributed by atoms with Crippen molar-refractivity contribution in [2.75, 3.05) is 0 Å². The molecule has 0 saturated heterocycles. The molecule has 0 saturated carbocycles. The van der Waals surface area contributed by atoms with Crippen molar-refractivity contribution >= 4 is 12.2 Å². The van der Waals surface area contributed by atoms with E-state index >= 15 is 0 Å². The van der Waals surface area contributed by atoms with Gasteiger partial charge in [-0.3, -0.25) is 0 Å². The van der Waals surface area contributed by atoms with Gasteiger partial charge in [-0.2, -0.15) is 13.2 Å². The molecule has 0 aromatic heterocycles. The van der Waals surface area contributed by atoms with E-state index in [4.69, 9.17) is 0 Å². The Kier molecular flexibility index (Phi) is 7.09. The summed E-state index contributed by atoms with van der Waals surface area (Å²) >= 11 is 0. The number of aryl methyl sites for hydroxylation is 1. The molecule has 0 aliphatic carbocycles. The van der Waals surface area contributed by atoms with Crippen molar-refractivity contribution in [2.24, 2.45) is 0 Å². The van der Waals surface area contributed by atoms with Gasteiger partial charge in [-0.1, -0.05) is 92.2 Å². The summed E-state index contributed by atoms with van der Waals surface area (Å²) in [7, 11) is 0. The minimum atomic E-state index is -4.32. The third-order valence-electron chi connectivity index (χ3n) is 5.08. The fourth-order valence-electron chi connectivity index (χ4n) is 3.44. The van der Waals surface area contributed by atoms with E-state index in [1.54, 1.807) is 66.7 Å². The van der Waals surface area contributed by atoms with E-state index in [1.807, 2.05) is 13.0 Å². The molecular formula is C26H24F4. The Morgan fingerprint density at radius 2 is 1.50 bits per heavy atom. The zero-order chi connectivity index (χ0) is 21.6. The van der Waals surface area contributed by atoms with E-state index in [-0.39, 0.29) is 17.8 Å². The van der Waals surface area contributed by atoms with Crippen molar-refractivity contribution in [3.05, 3.63) is 106 Å². The lowest BCUT2D eigenvalue weighted by molar-refractivity contribution is -0.150. The number of alkyl halides is 3. The van der Waals surface area contributed by atoms with E-state index in [1.165, 1.54) is 12.1 Å². The van der Waals surface area contributed by atoms with Crippen molar-refractivity contribution in [1.29, 1.82) is 0 Å². The molecule has 0 amide bonds. The minimum absolute atomic E-state index is 0.120. The van der Waals surface area contributed by atoms with Crippen LogP contribution in [-0.2, 0) is 12.8 Å². The van der Waals surface area contributed by atoms with Crippen LogP contribution in [0.25, 0.3) is 12.2 Å². The van der Waals surface area contributed by atoms with Crippen molar-refractivity contribution in [2.45, 2.75) is 38.3 Å². The van der Waals surface area contributed by atoms with Gasteiger partial charge < -0.3 is 0 Å². The molecule has 0 fully saturated rings. The van der Waals surface area contributed by atoms with Gasteiger partial charge in [-0.05, 0) is 41.2 Å². The molecule has 1 atom stereocenters. The molecule has 4 heteroatoms. The molecule has 0 N–H and O–H groups in total. The van der Waals surface area contributed by atoms with E-state index in [0.29, 0.717) is 11.1 Å². The van der Waals surface area contributed by atoms with Crippen LogP contribution >= 0.6 is 0 Å². The molecular weight excluding hydrogens is 388 g/mol. The standard InChI is InChI=1S/C26H24F4/c1-2-6-20-14-16-23(25(27)18-20)15-13-19-9-11-21(12-10-19)17-24(26(28,29)30)22-7-4-3-5-8-22/h3-5,7-16,18,24H,2,6,17H2,1H3/b15-13+. The molecule has 30 heavy (non-hydrogen) atoms. The lowest BCUT2D eigenvalue weighted by Gasteiger charge is -2.21. The van der Waals surface area contributed by atoms with Gasteiger partial charge in [0.2, 0.25) is 0 Å². The Bertz CT molecular complexity index is 970. The highest BCUT2D eigenvalue weighted by atomic mass is 19.4. The first kappa shape index (κ1) is 21.8. The topological polar surface area (TPSA) is 0 Å². The van der Waals surface area contributed by atoms with Crippen LogP contribution in [0.15, 0.2) is 72.8 Å².